The molecular formula is C8H8O3. The van der Waals surface area contributed by atoms with Crippen molar-refractivity contribution in [3.05, 3.63) is 5.57 Å². The van der Waals surface area contributed by atoms with E-state index in [2.05, 4.69) is 0 Å². The first-order valence-corrected chi connectivity index (χ1v) is 3.45. The summed E-state index contributed by atoms with van der Waals surface area (Å²) in [5.74, 6) is 0.946. The molecule has 0 saturated heterocycles. The number of allylic oxidation sites excluding steroid dienone is 1. The third-order valence-electron chi connectivity index (χ3n) is 1.85. The van der Waals surface area contributed by atoms with Gasteiger partial charge in [0.1, 0.15) is 11.7 Å². The molecule has 1 aliphatic rings. The normalized spacial score (nSPS) is 25.2. The van der Waals surface area contributed by atoms with E-state index >= 15 is 0 Å². The Kier molecular flexibility index (Phi) is 2.01. The first-order chi connectivity index (χ1) is 5.15. The number of ketones is 2. The van der Waals surface area contributed by atoms with Crippen LogP contribution >= 0.6 is 0 Å². The summed E-state index contributed by atoms with van der Waals surface area (Å²) >= 11 is 0. The van der Waals surface area contributed by atoms with Crippen LogP contribution < -0.4 is 0 Å². The van der Waals surface area contributed by atoms with Gasteiger partial charge >= 0.3 is 0 Å². The number of rotatable bonds is 0. The highest BCUT2D eigenvalue weighted by molar-refractivity contribution is 6.14. The van der Waals surface area contributed by atoms with Gasteiger partial charge in [-0.2, -0.15) is 0 Å². The highest BCUT2D eigenvalue weighted by atomic mass is 16.2. The Balaban J connectivity index is 2.86. The lowest BCUT2D eigenvalue weighted by molar-refractivity contribution is -0.129. The summed E-state index contributed by atoms with van der Waals surface area (Å²) in [4.78, 5) is 31.9. The zero-order valence-corrected chi connectivity index (χ0v) is 6.22. The fourth-order valence-electron chi connectivity index (χ4n) is 1.07. The molecule has 0 N–H and O–H groups in total. The maximum absolute atomic E-state index is 10.9. The smallest absolute Gasteiger partial charge is 0.177 e. The average molecular weight is 152 g/mol. The lowest BCUT2D eigenvalue weighted by Crippen LogP contribution is -2.25. The highest BCUT2D eigenvalue weighted by Gasteiger charge is 2.28. The molecule has 3 heteroatoms. The number of hydrogen-bond donors (Lipinski definition) is 0. The molecule has 1 saturated carbocycles. The van der Waals surface area contributed by atoms with Gasteiger partial charge in [0.15, 0.2) is 5.78 Å². The van der Waals surface area contributed by atoms with E-state index in [-0.39, 0.29) is 35.9 Å². The summed E-state index contributed by atoms with van der Waals surface area (Å²) in [5.41, 5.74) is 0.136. The molecule has 0 aliphatic heterocycles. The van der Waals surface area contributed by atoms with Crippen molar-refractivity contribution in [2.45, 2.75) is 19.8 Å². The van der Waals surface area contributed by atoms with Crippen molar-refractivity contribution < 1.29 is 14.4 Å². The van der Waals surface area contributed by atoms with E-state index in [9.17, 15) is 14.4 Å². The largest absolute Gasteiger partial charge is 0.299 e. The molecule has 1 atom stereocenters. The summed E-state index contributed by atoms with van der Waals surface area (Å²) in [6, 6.07) is 0. The van der Waals surface area contributed by atoms with Gasteiger partial charge in [-0.05, 0) is 6.42 Å². The minimum Gasteiger partial charge on any atom is -0.299 e. The molecule has 11 heavy (non-hydrogen) atoms. The van der Waals surface area contributed by atoms with Crippen LogP contribution in [0.3, 0.4) is 0 Å². The Morgan fingerprint density at radius 2 is 2.09 bits per heavy atom. The monoisotopic (exact) mass is 152 g/mol. The Labute approximate surface area is 64.1 Å². The minimum atomic E-state index is -0.358. The first kappa shape index (κ1) is 7.89. The quantitative estimate of drug-likeness (QED) is 0.285. The predicted octanol–water partition coefficient (Wildman–Crippen LogP) is 0.312. The van der Waals surface area contributed by atoms with Gasteiger partial charge in [-0.25, -0.2) is 4.79 Å². The first-order valence-electron chi connectivity index (χ1n) is 3.45. The molecule has 1 rings (SSSR count). The van der Waals surface area contributed by atoms with Gasteiger partial charge in [-0.15, -0.1) is 0 Å². The number of carbonyl (C=O) groups excluding carboxylic acids is 3. The van der Waals surface area contributed by atoms with Crippen molar-refractivity contribution in [3.8, 4) is 0 Å². The summed E-state index contributed by atoms with van der Waals surface area (Å²) in [7, 11) is 0. The van der Waals surface area contributed by atoms with E-state index in [4.69, 9.17) is 0 Å². The van der Waals surface area contributed by atoms with Gasteiger partial charge in [0.25, 0.3) is 0 Å². The molecule has 0 radical (unpaired) electrons. The van der Waals surface area contributed by atoms with Crippen molar-refractivity contribution in [1.82, 2.24) is 0 Å². The number of hydrogen-bond acceptors (Lipinski definition) is 3. The maximum atomic E-state index is 10.9. The molecule has 1 fully saturated rings. The van der Waals surface area contributed by atoms with Crippen LogP contribution in [0.25, 0.3) is 0 Å². The molecule has 0 aromatic heterocycles. The molecule has 1 unspecified atom stereocenters. The van der Waals surface area contributed by atoms with E-state index in [1.165, 1.54) is 0 Å². The second-order valence-corrected chi connectivity index (χ2v) is 2.75. The molecule has 58 valence electrons. The maximum Gasteiger partial charge on any atom is 0.177 e. The fraction of sp³-hybridized carbons (Fsp3) is 0.500. The molecule has 0 heterocycles. The molecule has 0 aromatic carbocycles. The second kappa shape index (κ2) is 2.81. The average Bonchev–Trinajstić information content (AvgIpc) is 1.97. The van der Waals surface area contributed by atoms with Crippen LogP contribution in [-0.2, 0) is 14.4 Å². The summed E-state index contributed by atoms with van der Waals surface area (Å²) in [6.45, 7) is 1.71. The molecule has 3 nitrogen and oxygen atoms in total. The van der Waals surface area contributed by atoms with Gasteiger partial charge in [-0.3, -0.25) is 9.59 Å². The van der Waals surface area contributed by atoms with E-state index in [1.54, 1.807) is 12.9 Å². The van der Waals surface area contributed by atoms with Gasteiger partial charge in [0.05, 0.1) is 12.0 Å². The third kappa shape index (κ3) is 1.44. The lowest BCUT2D eigenvalue weighted by atomic mass is 9.85. The predicted molar refractivity (Wildman–Crippen MR) is 37.6 cm³/mol. The van der Waals surface area contributed by atoms with Crippen LogP contribution in [0.1, 0.15) is 19.8 Å². The molecule has 0 spiro atoms. The Hall–Kier alpha value is -1.21. The van der Waals surface area contributed by atoms with Gasteiger partial charge in [0.2, 0.25) is 0 Å². The standard InChI is InChI=1S/C8H8O3/c1-5-2-6(4-9)8(11)3-7(5)10/h5H,2-3H2,1H3. The van der Waals surface area contributed by atoms with Crippen molar-refractivity contribution >= 4 is 17.5 Å². The Bertz CT molecular complexity index is 259. The van der Waals surface area contributed by atoms with E-state index in [0.29, 0.717) is 0 Å². The van der Waals surface area contributed by atoms with E-state index in [0.717, 1.165) is 0 Å². The van der Waals surface area contributed by atoms with E-state index in [1.807, 2.05) is 0 Å². The van der Waals surface area contributed by atoms with Crippen LogP contribution in [0.15, 0.2) is 5.57 Å². The lowest BCUT2D eigenvalue weighted by Gasteiger charge is -2.14. The summed E-state index contributed by atoms with van der Waals surface area (Å²) in [6.07, 6.45) is 0.146. The fourth-order valence-corrected chi connectivity index (χ4v) is 1.07. The van der Waals surface area contributed by atoms with Gasteiger partial charge in [0, 0.05) is 5.92 Å². The van der Waals surface area contributed by atoms with Gasteiger partial charge in [-0.1, -0.05) is 6.92 Å². The van der Waals surface area contributed by atoms with Crippen molar-refractivity contribution in [1.29, 1.82) is 0 Å². The van der Waals surface area contributed by atoms with Crippen LogP contribution in [0.2, 0.25) is 0 Å². The minimum absolute atomic E-state index is 0.0750. The summed E-state index contributed by atoms with van der Waals surface area (Å²) < 4.78 is 0. The van der Waals surface area contributed by atoms with Crippen LogP contribution in [0, 0.1) is 5.92 Å². The molecule has 1 aliphatic carbocycles. The highest BCUT2D eigenvalue weighted by Crippen LogP contribution is 2.20. The molecule has 0 aromatic rings. The zero-order chi connectivity index (χ0) is 8.43. The molecular weight excluding hydrogens is 144 g/mol. The summed E-state index contributed by atoms with van der Waals surface area (Å²) in [5, 5.41) is 0. The Morgan fingerprint density at radius 3 is 2.64 bits per heavy atom. The Morgan fingerprint density at radius 1 is 1.45 bits per heavy atom. The van der Waals surface area contributed by atoms with Crippen LogP contribution in [0.4, 0.5) is 0 Å². The number of carbonyl (C=O) groups is 2. The van der Waals surface area contributed by atoms with Crippen LogP contribution in [0.5, 0.6) is 0 Å². The molecule has 0 amide bonds. The van der Waals surface area contributed by atoms with Crippen molar-refractivity contribution in [2.24, 2.45) is 5.92 Å². The second-order valence-electron chi connectivity index (χ2n) is 2.75. The van der Waals surface area contributed by atoms with E-state index < -0.39 is 0 Å². The SMILES string of the molecule is CC1CC(=C=O)C(=O)CC1=O. The van der Waals surface area contributed by atoms with Gasteiger partial charge < -0.3 is 0 Å². The third-order valence-corrected chi connectivity index (χ3v) is 1.85. The van der Waals surface area contributed by atoms with Crippen LogP contribution in [-0.4, -0.2) is 17.5 Å². The number of Topliss-reactive ketones (excluding diaryl/α,β-unsaturated/α-hetero) is 2. The topological polar surface area (TPSA) is 51.2 Å². The van der Waals surface area contributed by atoms with Crippen molar-refractivity contribution in [2.75, 3.05) is 0 Å². The molecule has 0 bridgehead atoms. The van der Waals surface area contributed by atoms with Crippen molar-refractivity contribution in [3.63, 3.8) is 0 Å². The zero-order valence-electron chi connectivity index (χ0n) is 6.22.